The first-order valence-electron chi connectivity index (χ1n) is 7.81. The molecule has 3 rings (SSSR count). The minimum Gasteiger partial charge on any atom is -0.469 e. The number of thiazole rings is 1. The Bertz CT molecular complexity index is 840. The number of thiophene rings is 1. The van der Waals surface area contributed by atoms with Gasteiger partial charge in [0, 0.05) is 41.7 Å². The maximum Gasteiger partial charge on any atom is 0.305 e. The summed E-state index contributed by atoms with van der Waals surface area (Å²) >= 11 is 3.25. The molecule has 0 atom stereocenters. The van der Waals surface area contributed by atoms with Crippen molar-refractivity contribution in [1.29, 1.82) is 0 Å². The fourth-order valence-electron chi connectivity index (χ4n) is 2.36. The molecule has 0 aliphatic carbocycles. The Kier molecular flexibility index (Phi) is 5.45. The average molecular weight is 374 g/mol. The third kappa shape index (κ3) is 4.05. The molecule has 0 N–H and O–H groups in total. The maximum absolute atomic E-state index is 11.5. The van der Waals surface area contributed by atoms with E-state index in [0.29, 0.717) is 12.8 Å². The molecule has 0 aliphatic heterocycles. The van der Waals surface area contributed by atoms with E-state index in [4.69, 9.17) is 9.72 Å². The topological polar surface area (TPSA) is 55.3 Å². The normalized spacial score (nSPS) is 10.7. The van der Waals surface area contributed by atoms with Gasteiger partial charge in [0.2, 0.25) is 0 Å². The number of nitrogens with zero attached hydrogens (tertiary/aromatic N) is 3. The van der Waals surface area contributed by atoms with Crippen molar-refractivity contribution >= 4 is 34.5 Å². The summed E-state index contributed by atoms with van der Waals surface area (Å²) in [4.78, 5) is 23.9. The van der Waals surface area contributed by atoms with Crippen LogP contribution >= 0.6 is 22.7 Å². The molecule has 5 nitrogen and oxygen atoms in total. The van der Waals surface area contributed by atoms with Crippen molar-refractivity contribution in [1.82, 2.24) is 9.97 Å². The van der Waals surface area contributed by atoms with Crippen LogP contribution in [0.25, 0.3) is 21.8 Å². The second kappa shape index (κ2) is 7.76. The van der Waals surface area contributed by atoms with Crippen LogP contribution in [0.4, 0.5) is 5.82 Å². The molecule has 3 aromatic heterocycles. The van der Waals surface area contributed by atoms with Crippen molar-refractivity contribution in [3.8, 4) is 21.8 Å². The number of carbonyl (C=O) groups is 1. The van der Waals surface area contributed by atoms with Gasteiger partial charge in [0.1, 0.15) is 10.8 Å². The Morgan fingerprint density at radius 2 is 2.08 bits per heavy atom. The van der Waals surface area contributed by atoms with Gasteiger partial charge in [0.05, 0.1) is 19.2 Å². The van der Waals surface area contributed by atoms with Gasteiger partial charge in [0.15, 0.2) is 0 Å². The van der Waals surface area contributed by atoms with E-state index in [1.165, 1.54) is 7.11 Å². The van der Waals surface area contributed by atoms with Crippen LogP contribution < -0.4 is 4.90 Å². The fraction of sp³-hybridized carbons (Fsp3) is 0.278. The van der Waals surface area contributed by atoms with E-state index in [9.17, 15) is 4.79 Å². The van der Waals surface area contributed by atoms with Crippen molar-refractivity contribution < 1.29 is 9.53 Å². The summed E-state index contributed by atoms with van der Waals surface area (Å²) in [6.45, 7) is 0. The highest BCUT2D eigenvalue weighted by molar-refractivity contribution is 7.15. The molecule has 130 valence electrons. The summed E-state index contributed by atoms with van der Waals surface area (Å²) in [6.07, 6.45) is 2.82. The van der Waals surface area contributed by atoms with Crippen molar-refractivity contribution in [2.75, 3.05) is 26.1 Å². The zero-order valence-electron chi connectivity index (χ0n) is 14.4. The second-order valence-corrected chi connectivity index (χ2v) is 7.54. The summed E-state index contributed by atoms with van der Waals surface area (Å²) < 4.78 is 4.76. The zero-order chi connectivity index (χ0) is 17.8. The first-order chi connectivity index (χ1) is 12.1. The average Bonchev–Trinajstić information content (AvgIpc) is 3.29. The van der Waals surface area contributed by atoms with E-state index in [1.807, 2.05) is 42.7 Å². The number of hydrogen-bond donors (Lipinski definition) is 0. The van der Waals surface area contributed by atoms with E-state index in [1.54, 1.807) is 22.7 Å². The standard InChI is InChI=1S/C18H19N3O2S2/c1-21(2)15-6-4-12(10-19-15)18-20-17(13-8-9-24-11-13)14(25-18)5-7-16(22)23-3/h4,6,8-11H,5,7H2,1-3H3. The highest BCUT2D eigenvalue weighted by Gasteiger charge is 2.16. The van der Waals surface area contributed by atoms with E-state index in [0.717, 1.165) is 32.5 Å². The van der Waals surface area contributed by atoms with Crippen LogP contribution in [0.1, 0.15) is 11.3 Å². The van der Waals surface area contributed by atoms with Gasteiger partial charge in [-0.15, -0.1) is 11.3 Å². The zero-order valence-corrected chi connectivity index (χ0v) is 16.0. The number of aromatic nitrogens is 2. The monoisotopic (exact) mass is 373 g/mol. The van der Waals surface area contributed by atoms with E-state index < -0.39 is 0 Å². The summed E-state index contributed by atoms with van der Waals surface area (Å²) in [5.74, 6) is 0.701. The SMILES string of the molecule is COC(=O)CCc1sc(-c2ccc(N(C)C)nc2)nc1-c1ccsc1. The largest absolute Gasteiger partial charge is 0.469 e. The van der Waals surface area contributed by atoms with Gasteiger partial charge in [-0.1, -0.05) is 0 Å². The quantitative estimate of drug-likeness (QED) is 0.609. The van der Waals surface area contributed by atoms with Crippen LogP contribution in [0.15, 0.2) is 35.2 Å². The number of carbonyl (C=O) groups excluding carboxylic acids is 1. The molecule has 0 amide bonds. The van der Waals surface area contributed by atoms with Crippen LogP contribution in [-0.4, -0.2) is 37.1 Å². The fourth-order valence-corrected chi connectivity index (χ4v) is 4.08. The Labute approximate surface area is 154 Å². The number of aryl methyl sites for hydroxylation is 1. The van der Waals surface area contributed by atoms with Gasteiger partial charge in [-0.25, -0.2) is 9.97 Å². The first-order valence-corrected chi connectivity index (χ1v) is 9.57. The minimum atomic E-state index is -0.205. The van der Waals surface area contributed by atoms with Gasteiger partial charge >= 0.3 is 5.97 Å². The number of hydrogen-bond acceptors (Lipinski definition) is 7. The van der Waals surface area contributed by atoms with Gasteiger partial charge in [0.25, 0.3) is 0 Å². The van der Waals surface area contributed by atoms with E-state index >= 15 is 0 Å². The summed E-state index contributed by atoms with van der Waals surface area (Å²) in [6, 6.07) is 6.07. The predicted octanol–water partition coefficient (Wildman–Crippen LogP) is 4.11. The second-order valence-electron chi connectivity index (χ2n) is 5.68. The van der Waals surface area contributed by atoms with Crippen LogP contribution in [0, 0.1) is 0 Å². The lowest BCUT2D eigenvalue weighted by atomic mass is 10.1. The number of ether oxygens (including phenoxy) is 1. The van der Waals surface area contributed by atoms with E-state index in [2.05, 4.69) is 16.4 Å². The first kappa shape index (κ1) is 17.6. The third-order valence-corrected chi connectivity index (χ3v) is 5.58. The van der Waals surface area contributed by atoms with Gasteiger partial charge in [-0.3, -0.25) is 4.79 Å². The molecule has 7 heteroatoms. The molecule has 3 aromatic rings. The smallest absolute Gasteiger partial charge is 0.305 e. The summed E-state index contributed by atoms with van der Waals surface area (Å²) in [7, 11) is 5.34. The molecule has 0 spiro atoms. The number of pyridine rings is 1. The minimum absolute atomic E-state index is 0.205. The van der Waals surface area contributed by atoms with Crippen molar-refractivity contribution in [3.05, 3.63) is 40.0 Å². The molecular formula is C18H19N3O2S2. The Morgan fingerprint density at radius 1 is 1.24 bits per heavy atom. The van der Waals surface area contributed by atoms with E-state index in [-0.39, 0.29) is 5.97 Å². The van der Waals surface area contributed by atoms with Crippen molar-refractivity contribution in [3.63, 3.8) is 0 Å². The lowest BCUT2D eigenvalue weighted by molar-refractivity contribution is -0.140. The van der Waals surface area contributed by atoms with Gasteiger partial charge in [-0.05, 0) is 30.0 Å². The molecule has 0 saturated carbocycles. The van der Waals surface area contributed by atoms with Crippen molar-refractivity contribution in [2.24, 2.45) is 0 Å². The molecule has 0 saturated heterocycles. The number of anilines is 1. The van der Waals surface area contributed by atoms with Crippen molar-refractivity contribution in [2.45, 2.75) is 12.8 Å². The maximum atomic E-state index is 11.5. The van der Waals surface area contributed by atoms with Gasteiger partial charge in [-0.2, -0.15) is 11.3 Å². The van der Waals surface area contributed by atoms with Crippen LogP contribution in [0.3, 0.4) is 0 Å². The molecule has 25 heavy (non-hydrogen) atoms. The molecule has 0 bridgehead atoms. The van der Waals surface area contributed by atoms with Gasteiger partial charge < -0.3 is 9.64 Å². The molecule has 0 aromatic carbocycles. The third-order valence-electron chi connectivity index (χ3n) is 3.73. The highest BCUT2D eigenvalue weighted by atomic mass is 32.1. The predicted molar refractivity (Wildman–Crippen MR) is 103 cm³/mol. The summed E-state index contributed by atoms with van der Waals surface area (Å²) in [5, 5.41) is 5.03. The van der Waals surface area contributed by atoms with Crippen LogP contribution in [0.5, 0.6) is 0 Å². The number of rotatable bonds is 6. The Balaban J connectivity index is 1.93. The molecule has 0 fully saturated rings. The Morgan fingerprint density at radius 3 is 2.68 bits per heavy atom. The highest BCUT2D eigenvalue weighted by Crippen LogP contribution is 2.35. The molecule has 3 heterocycles. The molecule has 0 unspecified atom stereocenters. The molecule has 0 aliphatic rings. The molecular weight excluding hydrogens is 354 g/mol. The lowest BCUT2D eigenvalue weighted by Crippen LogP contribution is -2.09. The Hall–Kier alpha value is -2.25. The molecule has 0 radical (unpaired) electrons. The lowest BCUT2D eigenvalue weighted by Gasteiger charge is -2.10. The van der Waals surface area contributed by atoms with Crippen LogP contribution in [-0.2, 0) is 16.0 Å². The summed E-state index contributed by atoms with van der Waals surface area (Å²) in [5.41, 5.74) is 3.02. The number of esters is 1. The number of methoxy groups -OCH3 is 1. The van der Waals surface area contributed by atoms with Crippen LogP contribution in [0.2, 0.25) is 0 Å².